The Morgan fingerprint density at radius 2 is 1.22 bits per heavy atom. The van der Waals surface area contributed by atoms with Crippen LogP contribution >= 0.6 is 0 Å². The van der Waals surface area contributed by atoms with E-state index in [2.05, 4.69) is 20.8 Å². The van der Waals surface area contributed by atoms with Crippen molar-refractivity contribution in [2.75, 3.05) is 46.2 Å². The first kappa shape index (κ1) is 68.7. The number of rotatable bonds is 18. The Morgan fingerprint density at radius 3 is 1.84 bits per heavy atom. The molecule has 0 unspecified atom stereocenters. The van der Waals surface area contributed by atoms with Gasteiger partial charge in [-0.05, 0) is 68.1 Å². The van der Waals surface area contributed by atoms with Gasteiger partial charge in [0.25, 0.3) is 0 Å². The molecule has 29 nitrogen and oxygen atoms in total. The fourth-order valence-corrected chi connectivity index (χ4v) is 17.2. The van der Waals surface area contributed by atoms with Crippen LogP contribution < -0.4 is 0 Å². The molecule has 504 valence electrons. The number of hydrogen-bond donors (Lipinski definition) is 15. The molecule has 88 heavy (non-hydrogen) atoms. The minimum atomic E-state index is -2.28. The number of aliphatic hydroxyl groups is 15. The summed E-state index contributed by atoms with van der Waals surface area (Å²) in [6.07, 6.45) is -35.4. The summed E-state index contributed by atoms with van der Waals surface area (Å²) in [7, 11) is 0. The number of carbonyl (C=O) groups excluding carboxylic acids is 2. The molecule has 10 aliphatic rings. The molecule has 0 amide bonds. The molecule has 0 bridgehead atoms. The number of allylic oxidation sites excluding steroid dienone is 2. The van der Waals surface area contributed by atoms with Crippen LogP contribution in [0.3, 0.4) is 0 Å². The summed E-state index contributed by atoms with van der Waals surface area (Å²) < 4.78 is 72.8. The maximum Gasteiger partial charge on any atom is 0.303 e. The van der Waals surface area contributed by atoms with E-state index in [1.165, 1.54) is 18.1 Å². The predicted molar refractivity (Wildman–Crippen MR) is 292 cm³/mol. The van der Waals surface area contributed by atoms with Crippen LogP contribution in [0.25, 0.3) is 0 Å². The molecule has 15 N–H and O–H groups in total. The van der Waals surface area contributed by atoms with Crippen LogP contribution in [0.15, 0.2) is 11.1 Å². The standard InChI is InChI=1S/C59H94O29/c1-8-28(65)44-43(80-25(3)64)24(2)59(88-44)16-15-56(6)27-9-10-33-54(4,26(27)11-14-57(56,59)7)13-12-34(55(33,5)21-62)84-49-41(73)40(72)37(69)32(83-49)20-78-51-46(35(67)29(66)19-77-51)86-52-47(87-53-48(75)58(76,22-63)23-79-53)45(38(70)31(18-61)82-52)85-50-42(74)39(71)36(68)30(17-60)81-50/h24,29-53,60-63,66-76H,8-23H2,1-7H3/t24-,29+,30-,31-,32-,33-,34+,35+,36-,37-,38-,39+,40+,41-,42-,43-,44-,45+,46-,47-,48+,49+,50+,51+,52+,53+,54-,55-,56+,57+,58-,59+/m1/s1. The summed E-state index contributed by atoms with van der Waals surface area (Å²) in [5.74, 6) is -0.964. The smallest absolute Gasteiger partial charge is 0.303 e. The molecular formula is C59H94O29. The number of fused-ring (bicyclic) bond motifs is 5. The molecule has 0 aromatic rings. The van der Waals surface area contributed by atoms with Crippen LogP contribution in [-0.4, -0.2) is 293 Å². The van der Waals surface area contributed by atoms with Gasteiger partial charge in [0.1, 0.15) is 109 Å². The zero-order valence-corrected chi connectivity index (χ0v) is 50.7. The van der Waals surface area contributed by atoms with Crippen molar-refractivity contribution in [1.82, 2.24) is 0 Å². The van der Waals surface area contributed by atoms with Gasteiger partial charge in [-0.25, -0.2) is 0 Å². The second kappa shape index (κ2) is 25.9. The van der Waals surface area contributed by atoms with Crippen LogP contribution in [0, 0.1) is 33.5 Å². The van der Waals surface area contributed by atoms with Crippen LogP contribution in [0.5, 0.6) is 0 Å². The molecule has 6 aliphatic heterocycles. The SMILES string of the molecule is CCC(=O)[C@H]1O[C@@]2(CC[C@@]3(C)C4=C(CC[C@@]32C)[C@@]2(C)CC[C@H](O[C@@H]3O[C@H](CO[C@@H]5OC[C@H](O)[C@H](O)[C@H]5O[C@@H]5O[C@H](CO)[C@@H](O)[C@H](O[C@@H]6O[C@H](CO)[C@@H](O)[C@H](O)[C@H]6O)[C@H]5O[C@@H]5OC[C@](O)(CO)[C@H]5O)[C@@H](O)[C@H](O)[C@H]3O)[C@](C)(CO)[C@@H]2CC4)[C@H](C)[C@H]1OC(C)=O. The third-order valence-corrected chi connectivity index (χ3v) is 22.7. The highest BCUT2D eigenvalue weighted by molar-refractivity contribution is 5.84. The van der Waals surface area contributed by atoms with Gasteiger partial charge >= 0.3 is 5.97 Å². The zero-order chi connectivity index (χ0) is 64.1. The fraction of sp³-hybridized carbons (Fsp3) is 0.932. The van der Waals surface area contributed by atoms with E-state index in [1.54, 1.807) is 6.92 Å². The van der Waals surface area contributed by atoms with E-state index in [0.717, 1.165) is 19.3 Å². The lowest BCUT2D eigenvalue weighted by molar-refractivity contribution is -0.397. The monoisotopic (exact) mass is 1270 g/mol. The van der Waals surface area contributed by atoms with Gasteiger partial charge in [0.05, 0.1) is 58.0 Å². The van der Waals surface area contributed by atoms with Gasteiger partial charge in [0, 0.05) is 30.1 Å². The number of ketones is 1. The summed E-state index contributed by atoms with van der Waals surface area (Å²) in [5.41, 5.74) is -2.44. The van der Waals surface area contributed by atoms with Crippen LogP contribution in [0.1, 0.15) is 106 Å². The van der Waals surface area contributed by atoms with Gasteiger partial charge in [-0.3, -0.25) is 9.59 Å². The van der Waals surface area contributed by atoms with Crippen LogP contribution in [0.4, 0.5) is 0 Å². The first-order chi connectivity index (χ1) is 41.5. The first-order valence-electron chi connectivity index (χ1n) is 31.0. The first-order valence-corrected chi connectivity index (χ1v) is 31.0. The molecule has 29 heteroatoms. The maximum absolute atomic E-state index is 13.4. The average molecular weight is 1270 g/mol. The topological polar surface area (TPSA) is 448 Å². The van der Waals surface area contributed by atoms with Crippen molar-refractivity contribution in [2.24, 2.45) is 33.5 Å². The van der Waals surface area contributed by atoms with Gasteiger partial charge in [0.15, 0.2) is 43.3 Å². The summed E-state index contributed by atoms with van der Waals surface area (Å²) in [4.78, 5) is 25.9. The van der Waals surface area contributed by atoms with Crippen molar-refractivity contribution < 1.29 is 143 Å². The van der Waals surface area contributed by atoms with Crippen molar-refractivity contribution in [3.8, 4) is 0 Å². The quantitative estimate of drug-likeness (QED) is 0.0455. The summed E-state index contributed by atoms with van der Waals surface area (Å²) in [6, 6.07) is 0. The molecular weight excluding hydrogens is 1170 g/mol. The number of aliphatic hydroxyl groups excluding tert-OH is 14. The van der Waals surface area contributed by atoms with E-state index in [-0.39, 0.29) is 36.1 Å². The van der Waals surface area contributed by atoms with E-state index < -0.39 is 220 Å². The van der Waals surface area contributed by atoms with Gasteiger partial charge < -0.3 is 133 Å². The Bertz CT molecular complexity index is 2490. The minimum Gasteiger partial charge on any atom is -0.459 e. The lowest BCUT2D eigenvalue weighted by Crippen LogP contribution is -2.67. The normalized spacial score (nSPS) is 53.0. The maximum atomic E-state index is 13.4. The van der Waals surface area contributed by atoms with Crippen molar-refractivity contribution in [3.05, 3.63) is 11.1 Å². The van der Waals surface area contributed by atoms with Crippen molar-refractivity contribution in [2.45, 2.75) is 265 Å². The third-order valence-electron chi connectivity index (χ3n) is 22.7. The molecule has 1 spiro atoms. The molecule has 6 heterocycles. The number of Topliss-reactive ketones (excluding diaryl/α,β-unsaturated/α-hetero) is 1. The Balaban J connectivity index is 0.856. The van der Waals surface area contributed by atoms with Crippen molar-refractivity contribution in [3.63, 3.8) is 0 Å². The lowest BCUT2D eigenvalue weighted by Gasteiger charge is -2.63. The van der Waals surface area contributed by atoms with E-state index in [1.807, 2.05) is 13.8 Å². The third kappa shape index (κ3) is 11.2. The second-order valence-corrected chi connectivity index (χ2v) is 27.3. The Kier molecular flexibility index (Phi) is 20.2. The van der Waals surface area contributed by atoms with Crippen molar-refractivity contribution in [1.29, 1.82) is 0 Å². The molecule has 2 saturated carbocycles. The molecule has 0 aromatic heterocycles. The molecule has 10 rings (SSSR count). The minimum absolute atomic E-state index is 0.102. The number of carbonyl (C=O) groups is 2. The molecule has 4 aliphatic carbocycles. The molecule has 0 radical (unpaired) electrons. The Labute approximate surface area is 509 Å². The summed E-state index contributed by atoms with van der Waals surface area (Å²) in [5, 5.41) is 164. The lowest BCUT2D eigenvalue weighted by atomic mass is 9.42. The largest absolute Gasteiger partial charge is 0.459 e. The van der Waals surface area contributed by atoms with Crippen molar-refractivity contribution >= 4 is 11.8 Å². The highest BCUT2D eigenvalue weighted by atomic mass is 16.8. The van der Waals surface area contributed by atoms with Gasteiger partial charge in [-0.1, -0.05) is 52.7 Å². The average Bonchev–Trinajstić information content (AvgIpc) is 1.32. The summed E-state index contributed by atoms with van der Waals surface area (Å²) >= 11 is 0. The Hall–Kier alpha value is -2.16. The van der Waals surface area contributed by atoms with E-state index >= 15 is 0 Å². The summed E-state index contributed by atoms with van der Waals surface area (Å²) in [6.45, 7) is 8.80. The molecule has 6 saturated heterocycles. The van der Waals surface area contributed by atoms with Gasteiger partial charge in [-0.15, -0.1) is 0 Å². The Morgan fingerprint density at radius 1 is 0.602 bits per heavy atom. The van der Waals surface area contributed by atoms with E-state index in [0.29, 0.717) is 32.1 Å². The van der Waals surface area contributed by atoms with Gasteiger partial charge in [-0.2, -0.15) is 0 Å². The second-order valence-electron chi connectivity index (χ2n) is 27.3. The predicted octanol–water partition coefficient (Wildman–Crippen LogP) is -4.46. The molecule has 32 atom stereocenters. The number of ether oxygens (including phenoxy) is 12. The van der Waals surface area contributed by atoms with Gasteiger partial charge in [0.2, 0.25) is 0 Å². The molecule has 0 aromatic carbocycles. The van der Waals surface area contributed by atoms with Crippen LogP contribution in [0.2, 0.25) is 0 Å². The number of esters is 1. The molecule has 8 fully saturated rings. The van der Waals surface area contributed by atoms with E-state index in [9.17, 15) is 86.2 Å². The van der Waals surface area contributed by atoms with Crippen LogP contribution in [-0.2, 0) is 66.4 Å². The zero-order valence-electron chi connectivity index (χ0n) is 50.7. The highest BCUT2D eigenvalue weighted by Crippen LogP contribution is 2.75. The number of hydrogen-bond acceptors (Lipinski definition) is 29. The fourth-order valence-electron chi connectivity index (χ4n) is 17.2. The highest BCUT2D eigenvalue weighted by Gasteiger charge is 2.74. The van der Waals surface area contributed by atoms with E-state index in [4.69, 9.17) is 56.8 Å².